The lowest BCUT2D eigenvalue weighted by Crippen LogP contribution is -2.46. The van der Waals surface area contributed by atoms with Crippen molar-refractivity contribution >= 4 is 11.9 Å². The molecule has 1 rings (SSSR count). The van der Waals surface area contributed by atoms with Gasteiger partial charge in [-0.3, -0.25) is 4.79 Å². The molecule has 1 N–H and O–H groups in total. The number of rotatable bonds is 7. The minimum absolute atomic E-state index is 0.0927. The molecule has 6 nitrogen and oxygen atoms in total. The van der Waals surface area contributed by atoms with E-state index >= 15 is 0 Å². The molecule has 0 aromatic rings. The number of carbonyl (C=O) groups excluding carboxylic acids is 1. The molecule has 1 aliphatic heterocycles. The highest BCUT2D eigenvalue weighted by Gasteiger charge is 2.37. The first-order valence-corrected chi connectivity index (χ1v) is 6.68. The van der Waals surface area contributed by atoms with E-state index in [9.17, 15) is 9.59 Å². The van der Waals surface area contributed by atoms with Crippen molar-refractivity contribution in [3.8, 4) is 0 Å². The Morgan fingerprint density at radius 1 is 1.42 bits per heavy atom. The molecule has 1 saturated heterocycles. The van der Waals surface area contributed by atoms with E-state index in [0.717, 1.165) is 6.42 Å². The molecule has 0 aliphatic carbocycles. The maximum absolute atomic E-state index is 12.4. The summed E-state index contributed by atoms with van der Waals surface area (Å²) in [7, 11) is 1.59. The van der Waals surface area contributed by atoms with Crippen LogP contribution >= 0.6 is 0 Å². The van der Waals surface area contributed by atoms with Crippen LogP contribution in [0.15, 0.2) is 0 Å². The molecule has 0 spiro atoms. The third-order valence-electron chi connectivity index (χ3n) is 3.51. The van der Waals surface area contributed by atoms with E-state index in [1.54, 1.807) is 12.0 Å². The van der Waals surface area contributed by atoms with Gasteiger partial charge in [0, 0.05) is 19.7 Å². The second-order valence-electron chi connectivity index (χ2n) is 4.81. The van der Waals surface area contributed by atoms with Crippen LogP contribution in [-0.4, -0.2) is 60.4 Å². The Morgan fingerprint density at radius 3 is 2.53 bits per heavy atom. The first-order chi connectivity index (χ1) is 9.01. The lowest BCUT2D eigenvalue weighted by molar-refractivity contribution is -0.155. The number of methoxy groups -OCH3 is 1. The van der Waals surface area contributed by atoms with E-state index in [1.807, 2.05) is 13.8 Å². The Balaban J connectivity index is 2.63. The molecule has 1 aliphatic rings. The van der Waals surface area contributed by atoms with Gasteiger partial charge >= 0.3 is 5.97 Å². The van der Waals surface area contributed by atoms with Crippen LogP contribution in [0.25, 0.3) is 0 Å². The molecule has 110 valence electrons. The first kappa shape index (κ1) is 15.9. The predicted octanol–water partition coefficient (Wildman–Crippen LogP) is 0.892. The highest BCUT2D eigenvalue weighted by atomic mass is 16.5. The Kier molecular flexibility index (Phi) is 6.24. The zero-order chi connectivity index (χ0) is 14.4. The van der Waals surface area contributed by atoms with E-state index in [2.05, 4.69) is 0 Å². The van der Waals surface area contributed by atoms with E-state index in [4.69, 9.17) is 14.6 Å². The van der Waals surface area contributed by atoms with Gasteiger partial charge in [-0.1, -0.05) is 6.92 Å². The summed E-state index contributed by atoms with van der Waals surface area (Å²) in [5.74, 6) is -1.13. The number of ether oxygens (including phenoxy) is 2. The fourth-order valence-electron chi connectivity index (χ4n) is 2.14. The van der Waals surface area contributed by atoms with Crippen LogP contribution in [0.1, 0.15) is 33.1 Å². The van der Waals surface area contributed by atoms with Crippen molar-refractivity contribution in [3.63, 3.8) is 0 Å². The summed E-state index contributed by atoms with van der Waals surface area (Å²) in [6, 6.07) is 0.0927. The van der Waals surface area contributed by atoms with Crippen LogP contribution in [0.3, 0.4) is 0 Å². The summed E-state index contributed by atoms with van der Waals surface area (Å²) in [4.78, 5) is 24.9. The normalized spacial score (nSPS) is 24.2. The topological polar surface area (TPSA) is 76.1 Å². The Morgan fingerprint density at radius 2 is 2.05 bits per heavy atom. The molecule has 1 heterocycles. The van der Waals surface area contributed by atoms with E-state index < -0.39 is 18.2 Å². The second-order valence-corrected chi connectivity index (χ2v) is 4.81. The average Bonchev–Trinajstić information content (AvgIpc) is 2.88. The van der Waals surface area contributed by atoms with E-state index in [0.29, 0.717) is 26.0 Å². The monoisotopic (exact) mass is 273 g/mol. The number of nitrogens with zero attached hydrogens (tertiary/aromatic N) is 1. The number of hydrogen-bond donors (Lipinski definition) is 1. The van der Waals surface area contributed by atoms with Crippen molar-refractivity contribution in [3.05, 3.63) is 0 Å². The Labute approximate surface area is 113 Å². The highest BCUT2D eigenvalue weighted by Crippen LogP contribution is 2.22. The van der Waals surface area contributed by atoms with Crippen LogP contribution in [0, 0.1) is 0 Å². The third-order valence-corrected chi connectivity index (χ3v) is 3.51. The Bertz CT molecular complexity index is 320. The molecule has 6 heteroatoms. The van der Waals surface area contributed by atoms with Crippen LogP contribution < -0.4 is 0 Å². The van der Waals surface area contributed by atoms with Crippen LogP contribution in [-0.2, 0) is 19.1 Å². The number of amides is 1. The number of carboxylic acid groups (broad SMARTS) is 1. The van der Waals surface area contributed by atoms with Crippen molar-refractivity contribution in [2.45, 2.75) is 51.4 Å². The van der Waals surface area contributed by atoms with Crippen molar-refractivity contribution in [1.29, 1.82) is 0 Å². The molecule has 1 fully saturated rings. The molecule has 19 heavy (non-hydrogen) atoms. The summed E-state index contributed by atoms with van der Waals surface area (Å²) in [6.07, 6.45) is 0.215. The zero-order valence-corrected chi connectivity index (χ0v) is 11.8. The number of hydrogen-bond acceptors (Lipinski definition) is 4. The Hall–Kier alpha value is -1.14. The summed E-state index contributed by atoms with van der Waals surface area (Å²) in [5.41, 5.74) is 0. The van der Waals surface area contributed by atoms with E-state index in [1.165, 1.54) is 0 Å². The van der Waals surface area contributed by atoms with Gasteiger partial charge in [-0.15, -0.1) is 0 Å². The third kappa shape index (κ3) is 4.18. The molecule has 0 bridgehead atoms. The van der Waals surface area contributed by atoms with Gasteiger partial charge < -0.3 is 19.5 Å². The quantitative estimate of drug-likeness (QED) is 0.745. The lowest BCUT2D eigenvalue weighted by Gasteiger charge is -2.30. The van der Waals surface area contributed by atoms with Gasteiger partial charge in [0.25, 0.3) is 5.91 Å². The van der Waals surface area contributed by atoms with Gasteiger partial charge in [0.15, 0.2) is 6.10 Å². The second kappa shape index (κ2) is 7.45. The molecular formula is C13H23NO5. The fraction of sp³-hybridized carbons (Fsp3) is 0.846. The molecule has 1 unspecified atom stereocenters. The molecule has 0 radical (unpaired) electrons. The van der Waals surface area contributed by atoms with Gasteiger partial charge in [0.1, 0.15) is 6.10 Å². The van der Waals surface area contributed by atoms with Crippen molar-refractivity contribution in [1.82, 2.24) is 4.90 Å². The minimum atomic E-state index is -0.998. The summed E-state index contributed by atoms with van der Waals surface area (Å²) >= 11 is 0. The van der Waals surface area contributed by atoms with Gasteiger partial charge in [-0.25, -0.2) is 4.79 Å². The zero-order valence-electron chi connectivity index (χ0n) is 11.8. The minimum Gasteiger partial charge on any atom is -0.479 e. The summed E-state index contributed by atoms with van der Waals surface area (Å²) in [6.45, 7) is 4.94. The van der Waals surface area contributed by atoms with Gasteiger partial charge in [-0.05, 0) is 26.2 Å². The summed E-state index contributed by atoms with van der Waals surface area (Å²) in [5, 5.41) is 8.88. The molecule has 3 atom stereocenters. The van der Waals surface area contributed by atoms with Crippen LogP contribution in [0.2, 0.25) is 0 Å². The smallest absolute Gasteiger partial charge is 0.332 e. The van der Waals surface area contributed by atoms with Gasteiger partial charge in [-0.2, -0.15) is 0 Å². The maximum atomic E-state index is 12.4. The molecule has 0 aromatic heterocycles. The van der Waals surface area contributed by atoms with Crippen molar-refractivity contribution < 1.29 is 24.2 Å². The lowest BCUT2D eigenvalue weighted by atomic mass is 10.1. The number of aliphatic carboxylic acids is 1. The standard InChI is InChI=1S/C13H23NO5/c1-4-9(2)14(7-8-18-3)12(15)10-5-6-11(19-10)13(16)17/h9-11H,4-8H2,1-3H3,(H,16,17)/t9?,10-,11+/m0/s1. The number of carbonyl (C=O) groups is 2. The van der Waals surface area contributed by atoms with E-state index in [-0.39, 0.29) is 11.9 Å². The van der Waals surface area contributed by atoms with Crippen molar-refractivity contribution in [2.24, 2.45) is 0 Å². The highest BCUT2D eigenvalue weighted by molar-refractivity contribution is 5.83. The van der Waals surface area contributed by atoms with Crippen molar-refractivity contribution in [2.75, 3.05) is 20.3 Å². The first-order valence-electron chi connectivity index (χ1n) is 6.68. The van der Waals surface area contributed by atoms with Crippen LogP contribution in [0.5, 0.6) is 0 Å². The number of carboxylic acids is 1. The molecule has 1 amide bonds. The van der Waals surface area contributed by atoms with Crippen LogP contribution in [0.4, 0.5) is 0 Å². The average molecular weight is 273 g/mol. The van der Waals surface area contributed by atoms with Gasteiger partial charge in [0.05, 0.1) is 6.61 Å². The maximum Gasteiger partial charge on any atom is 0.332 e. The largest absolute Gasteiger partial charge is 0.479 e. The molecule has 0 saturated carbocycles. The predicted molar refractivity (Wildman–Crippen MR) is 68.9 cm³/mol. The van der Waals surface area contributed by atoms with Gasteiger partial charge in [0.2, 0.25) is 0 Å². The fourth-order valence-corrected chi connectivity index (χ4v) is 2.14. The molecular weight excluding hydrogens is 250 g/mol. The SMILES string of the molecule is CCC(C)N(CCOC)C(=O)[C@@H]1CC[C@H](C(=O)O)O1. The molecule has 0 aromatic carbocycles. The summed E-state index contributed by atoms with van der Waals surface area (Å²) < 4.78 is 10.3.